The smallest absolute Gasteiger partial charge is 0.298 e. The molecule has 23 heavy (non-hydrogen) atoms. The summed E-state index contributed by atoms with van der Waals surface area (Å²) >= 11 is 0. The molecule has 3 heterocycles. The summed E-state index contributed by atoms with van der Waals surface area (Å²) in [7, 11) is 3.91. The molecule has 124 valence electrons. The van der Waals surface area contributed by atoms with Gasteiger partial charge in [-0.05, 0) is 37.8 Å². The molecule has 0 amide bonds. The summed E-state index contributed by atoms with van der Waals surface area (Å²) < 4.78 is 11.2. The van der Waals surface area contributed by atoms with Gasteiger partial charge in [-0.3, -0.25) is 4.90 Å². The predicted molar refractivity (Wildman–Crippen MR) is 90.8 cm³/mol. The van der Waals surface area contributed by atoms with Crippen molar-refractivity contribution in [3.63, 3.8) is 0 Å². The monoisotopic (exact) mass is 315 g/mol. The maximum absolute atomic E-state index is 5.95. The van der Waals surface area contributed by atoms with Gasteiger partial charge in [0.25, 0.3) is 6.01 Å². The summed E-state index contributed by atoms with van der Waals surface area (Å²) in [5.41, 5.74) is 1.81. The minimum Gasteiger partial charge on any atom is -0.423 e. The number of oxazole rings is 1. The van der Waals surface area contributed by atoms with Gasteiger partial charge in [0.1, 0.15) is 5.52 Å². The third-order valence-corrected chi connectivity index (χ3v) is 5.55. The Labute approximate surface area is 137 Å². The predicted octanol–water partition coefficient (Wildman–Crippen LogP) is 2.91. The fraction of sp³-hybridized carbons (Fsp3) is 0.611. The van der Waals surface area contributed by atoms with Crippen LogP contribution >= 0.6 is 0 Å². The number of fused-ring (bicyclic) bond motifs is 3. The first-order valence-electron chi connectivity index (χ1n) is 8.59. The lowest BCUT2D eigenvalue weighted by Crippen LogP contribution is -2.50. The zero-order valence-electron chi connectivity index (χ0n) is 13.9. The largest absolute Gasteiger partial charge is 0.423 e. The molecule has 2 aromatic rings. The number of rotatable bonds is 5. The zero-order chi connectivity index (χ0) is 15.8. The van der Waals surface area contributed by atoms with Crippen LogP contribution in [-0.2, 0) is 4.74 Å². The van der Waals surface area contributed by atoms with Crippen molar-refractivity contribution < 1.29 is 9.15 Å². The molecule has 5 heteroatoms. The van der Waals surface area contributed by atoms with Crippen LogP contribution in [-0.4, -0.2) is 55.3 Å². The second-order valence-electron chi connectivity index (χ2n) is 6.82. The van der Waals surface area contributed by atoms with Crippen LogP contribution in [0, 0.1) is 0 Å². The molecule has 0 radical (unpaired) electrons. The number of hydrogen-bond acceptors (Lipinski definition) is 5. The van der Waals surface area contributed by atoms with Gasteiger partial charge in [-0.2, -0.15) is 4.98 Å². The number of anilines is 1. The zero-order valence-corrected chi connectivity index (χ0v) is 13.9. The quantitative estimate of drug-likeness (QED) is 0.848. The molecule has 0 spiro atoms. The highest BCUT2D eigenvalue weighted by atomic mass is 16.5. The standard InChI is InChI=1S/C18H25N3O2/c1-20(18-19-16-5-3-4-6-17(16)23-18)15-11-13-7-8-14(12-15)21(13)9-10-22-2/h3-6,13-15H,7-12H2,1-2H3. The average molecular weight is 315 g/mol. The van der Waals surface area contributed by atoms with Crippen LogP contribution in [0.4, 0.5) is 6.01 Å². The lowest BCUT2D eigenvalue weighted by molar-refractivity contribution is 0.0825. The maximum atomic E-state index is 5.95. The molecule has 0 saturated carbocycles. The fourth-order valence-corrected chi connectivity index (χ4v) is 4.29. The lowest BCUT2D eigenvalue weighted by atomic mass is 9.96. The molecule has 2 aliphatic rings. The molecule has 2 atom stereocenters. The Kier molecular flexibility index (Phi) is 3.99. The van der Waals surface area contributed by atoms with E-state index in [-0.39, 0.29) is 0 Å². The van der Waals surface area contributed by atoms with E-state index in [1.165, 1.54) is 25.7 Å². The summed E-state index contributed by atoms with van der Waals surface area (Å²) in [6.07, 6.45) is 5.00. The molecule has 2 fully saturated rings. The number of methoxy groups -OCH3 is 1. The first-order valence-corrected chi connectivity index (χ1v) is 8.59. The minimum atomic E-state index is 0.513. The summed E-state index contributed by atoms with van der Waals surface area (Å²) in [4.78, 5) is 9.55. The molecular formula is C18H25N3O2. The normalized spacial score (nSPS) is 27.7. The Morgan fingerprint density at radius 1 is 1.26 bits per heavy atom. The lowest BCUT2D eigenvalue weighted by Gasteiger charge is -2.41. The summed E-state index contributed by atoms with van der Waals surface area (Å²) in [5.74, 6) is 0. The second kappa shape index (κ2) is 6.13. The second-order valence-corrected chi connectivity index (χ2v) is 6.82. The number of ether oxygens (including phenoxy) is 1. The van der Waals surface area contributed by atoms with E-state index in [1.54, 1.807) is 7.11 Å². The van der Waals surface area contributed by atoms with E-state index in [2.05, 4.69) is 21.8 Å². The van der Waals surface area contributed by atoms with E-state index in [1.807, 2.05) is 24.3 Å². The number of aromatic nitrogens is 1. The van der Waals surface area contributed by atoms with Gasteiger partial charge >= 0.3 is 0 Å². The van der Waals surface area contributed by atoms with Gasteiger partial charge in [-0.25, -0.2) is 0 Å². The Balaban J connectivity index is 1.49. The molecule has 2 unspecified atom stereocenters. The molecule has 2 aliphatic heterocycles. The molecule has 0 aliphatic carbocycles. The third-order valence-electron chi connectivity index (χ3n) is 5.55. The molecule has 0 N–H and O–H groups in total. The number of hydrogen-bond donors (Lipinski definition) is 0. The average Bonchev–Trinajstić information content (AvgIpc) is 3.10. The van der Waals surface area contributed by atoms with Gasteiger partial charge in [0, 0.05) is 38.8 Å². The van der Waals surface area contributed by atoms with E-state index in [4.69, 9.17) is 9.15 Å². The first kappa shape index (κ1) is 15.0. The van der Waals surface area contributed by atoms with Gasteiger partial charge in [-0.15, -0.1) is 0 Å². The summed E-state index contributed by atoms with van der Waals surface area (Å²) in [6, 6.07) is 10.6. The number of benzene rings is 1. The summed E-state index contributed by atoms with van der Waals surface area (Å²) in [5, 5.41) is 0. The van der Waals surface area contributed by atoms with Crippen molar-refractivity contribution in [2.75, 3.05) is 32.2 Å². The fourth-order valence-electron chi connectivity index (χ4n) is 4.29. The Bertz CT molecular complexity index is 624. The van der Waals surface area contributed by atoms with Crippen molar-refractivity contribution in [1.29, 1.82) is 0 Å². The Hall–Kier alpha value is -1.59. The van der Waals surface area contributed by atoms with Crippen molar-refractivity contribution >= 4 is 17.1 Å². The van der Waals surface area contributed by atoms with Crippen LogP contribution in [0.1, 0.15) is 25.7 Å². The SMILES string of the molecule is COCCN1C2CCC1CC(N(C)c1nc3ccccc3o1)C2. The van der Waals surface area contributed by atoms with E-state index in [0.717, 1.165) is 30.3 Å². The van der Waals surface area contributed by atoms with Gasteiger partial charge in [0.15, 0.2) is 5.58 Å². The molecule has 1 aromatic carbocycles. The Morgan fingerprint density at radius 2 is 2.00 bits per heavy atom. The van der Waals surface area contributed by atoms with E-state index in [0.29, 0.717) is 18.1 Å². The minimum absolute atomic E-state index is 0.513. The van der Waals surface area contributed by atoms with Crippen molar-refractivity contribution in [3.8, 4) is 0 Å². The molecule has 5 nitrogen and oxygen atoms in total. The van der Waals surface area contributed by atoms with E-state index >= 15 is 0 Å². The molecule has 4 rings (SSSR count). The topological polar surface area (TPSA) is 41.7 Å². The molecular weight excluding hydrogens is 290 g/mol. The first-order chi connectivity index (χ1) is 11.3. The van der Waals surface area contributed by atoms with Gasteiger partial charge in [0.05, 0.1) is 6.61 Å². The number of para-hydroxylation sites is 2. The third kappa shape index (κ3) is 2.72. The van der Waals surface area contributed by atoms with Crippen molar-refractivity contribution in [3.05, 3.63) is 24.3 Å². The van der Waals surface area contributed by atoms with E-state index < -0.39 is 0 Å². The molecule has 2 bridgehead atoms. The maximum Gasteiger partial charge on any atom is 0.298 e. The molecule has 2 saturated heterocycles. The van der Waals surface area contributed by atoms with Gasteiger partial charge in [0.2, 0.25) is 0 Å². The van der Waals surface area contributed by atoms with Crippen LogP contribution in [0.2, 0.25) is 0 Å². The highest BCUT2D eigenvalue weighted by Gasteiger charge is 2.42. The van der Waals surface area contributed by atoms with Crippen molar-refractivity contribution in [2.45, 2.75) is 43.8 Å². The highest BCUT2D eigenvalue weighted by Crippen LogP contribution is 2.38. The number of piperidine rings is 1. The van der Waals surface area contributed by atoms with Gasteiger partial charge < -0.3 is 14.1 Å². The van der Waals surface area contributed by atoms with Crippen LogP contribution in [0.5, 0.6) is 0 Å². The summed E-state index contributed by atoms with van der Waals surface area (Å²) in [6.45, 7) is 1.89. The van der Waals surface area contributed by atoms with Crippen LogP contribution < -0.4 is 4.90 Å². The molecule has 1 aromatic heterocycles. The van der Waals surface area contributed by atoms with Crippen LogP contribution in [0.3, 0.4) is 0 Å². The van der Waals surface area contributed by atoms with E-state index in [9.17, 15) is 0 Å². The number of nitrogens with zero attached hydrogens (tertiary/aromatic N) is 3. The highest BCUT2D eigenvalue weighted by molar-refractivity contribution is 5.74. The van der Waals surface area contributed by atoms with Crippen molar-refractivity contribution in [2.24, 2.45) is 0 Å². The Morgan fingerprint density at radius 3 is 2.70 bits per heavy atom. The van der Waals surface area contributed by atoms with Crippen LogP contribution in [0.25, 0.3) is 11.1 Å². The van der Waals surface area contributed by atoms with Crippen molar-refractivity contribution in [1.82, 2.24) is 9.88 Å². The van der Waals surface area contributed by atoms with Gasteiger partial charge in [-0.1, -0.05) is 12.1 Å². The van der Waals surface area contributed by atoms with Crippen LogP contribution in [0.15, 0.2) is 28.7 Å².